The zero-order valence-corrected chi connectivity index (χ0v) is 13.5. The summed E-state index contributed by atoms with van der Waals surface area (Å²) in [7, 11) is -0.627. The van der Waals surface area contributed by atoms with Crippen LogP contribution in [0.5, 0.6) is 0 Å². The van der Waals surface area contributed by atoms with Gasteiger partial charge < -0.3 is 5.95 Å². The minimum atomic E-state index is -0.627. The molecule has 0 unspecified atom stereocenters. The van der Waals surface area contributed by atoms with Crippen molar-refractivity contribution in [3.8, 4) is 11.1 Å². The van der Waals surface area contributed by atoms with Gasteiger partial charge in [0.15, 0.2) is 0 Å². The van der Waals surface area contributed by atoms with E-state index in [1.807, 2.05) is 57.2 Å². The topological polar surface area (TPSA) is 43.4 Å². The van der Waals surface area contributed by atoms with Gasteiger partial charge in [-0.05, 0) is 48.6 Å². The molecule has 0 aliphatic rings. The molecule has 0 saturated carbocycles. The number of benzene rings is 2. The Morgan fingerprint density at radius 2 is 1.71 bits per heavy atom. The molecule has 0 aromatic heterocycles. The fraction of sp³-hybridized carbons (Fsp3) is 0.188. The van der Waals surface area contributed by atoms with Gasteiger partial charge in [0.2, 0.25) is 0 Å². The molecule has 0 aliphatic heterocycles. The van der Waals surface area contributed by atoms with Crippen molar-refractivity contribution in [2.24, 2.45) is 0 Å². The summed E-state index contributed by atoms with van der Waals surface area (Å²) >= 11 is 0. The predicted octanol–water partition coefficient (Wildman–Crippen LogP) is 1.76. The Labute approximate surface area is 139 Å². The summed E-state index contributed by atoms with van der Waals surface area (Å²) in [5.41, 5.74) is 5.33. The van der Waals surface area contributed by atoms with E-state index in [0.29, 0.717) is 5.56 Å². The van der Waals surface area contributed by atoms with Crippen LogP contribution in [0.4, 0.5) is 0 Å². The van der Waals surface area contributed by atoms with Crippen molar-refractivity contribution in [1.29, 1.82) is 0 Å². The zero-order valence-electron chi connectivity index (χ0n) is 13.6. The first-order chi connectivity index (χ1) is 9.56. The summed E-state index contributed by atoms with van der Waals surface area (Å²) in [5, 5.41) is 0. The Kier molecular flexibility index (Phi) is 6.36. The van der Waals surface area contributed by atoms with Crippen LogP contribution in [-0.2, 0) is 9.09 Å². The Hall–Kier alpha value is -1.39. The van der Waals surface area contributed by atoms with Crippen molar-refractivity contribution in [3.63, 3.8) is 0 Å². The van der Waals surface area contributed by atoms with E-state index in [9.17, 15) is 9.36 Å². The fourth-order valence-corrected chi connectivity index (χ4v) is 2.79. The molecule has 0 heterocycles. The van der Waals surface area contributed by atoms with E-state index in [1.54, 1.807) is 0 Å². The largest absolute Gasteiger partial charge is 1.00 e. The molecule has 0 amide bonds. The molecular formula is C16H16LiO3P. The molecule has 2 rings (SSSR count). The van der Waals surface area contributed by atoms with Crippen molar-refractivity contribution in [2.45, 2.75) is 20.8 Å². The van der Waals surface area contributed by atoms with Crippen LogP contribution >= 0.6 is 8.69 Å². The second-order valence-corrected chi connectivity index (χ2v) is 5.04. The van der Waals surface area contributed by atoms with Crippen LogP contribution in [0.25, 0.3) is 11.1 Å². The van der Waals surface area contributed by atoms with Gasteiger partial charge in [0.1, 0.15) is 0 Å². The van der Waals surface area contributed by atoms with Crippen LogP contribution in [0.3, 0.4) is 0 Å². The molecule has 0 atom stereocenters. The molecule has 5 heteroatoms. The van der Waals surface area contributed by atoms with Gasteiger partial charge in [-0.2, -0.15) is 0 Å². The molecule has 0 radical (unpaired) electrons. The van der Waals surface area contributed by atoms with Crippen LogP contribution in [0.15, 0.2) is 36.4 Å². The Bertz CT molecular complexity index is 675. The van der Waals surface area contributed by atoms with Gasteiger partial charge in [-0.1, -0.05) is 36.4 Å². The van der Waals surface area contributed by atoms with Crippen molar-refractivity contribution in [1.82, 2.24) is 0 Å². The summed E-state index contributed by atoms with van der Waals surface area (Å²) in [4.78, 5) is 12.0. The van der Waals surface area contributed by atoms with Crippen molar-refractivity contribution in [3.05, 3.63) is 58.7 Å². The van der Waals surface area contributed by atoms with E-state index in [-0.39, 0.29) is 20.3 Å². The molecule has 2 aromatic rings. The monoisotopic (exact) mass is 294 g/mol. The fourth-order valence-electron chi connectivity index (χ4n) is 2.63. The van der Waals surface area contributed by atoms with Gasteiger partial charge in [0.25, 0.3) is 0 Å². The third kappa shape index (κ3) is 3.63. The summed E-state index contributed by atoms with van der Waals surface area (Å²) in [6.45, 7) is 5.76. The molecule has 0 N–H and O–H groups in total. The molecule has 3 nitrogen and oxygen atoms in total. The molecule has 0 saturated heterocycles. The number of hydrogen-bond acceptors (Lipinski definition) is 3. The molecule has 2 aromatic carbocycles. The number of aryl methyl sites for hydroxylation is 2. The minimum Gasteiger partial charge on any atom is -1.00 e. The van der Waals surface area contributed by atoms with Crippen molar-refractivity contribution >= 4 is 14.7 Å². The number of rotatable bonds is 3. The first kappa shape index (κ1) is 17.7. The number of carbonyl (C=O) groups is 1. The van der Waals surface area contributed by atoms with Crippen LogP contribution in [-0.4, -0.2) is 5.97 Å². The Morgan fingerprint density at radius 3 is 2.29 bits per heavy atom. The number of hydrogen-bond donors (Lipinski definition) is 0. The summed E-state index contributed by atoms with van der Waals surface area (Å²) < 4.78 is 15.1. The average molecular weight is 294 g/mol. The van der Waals surface area contributed by atoms with Gasteiger partial charge in [-0.25, -0.2) is 9.36 Å². The van der Waals surface area contributed by atoms with Crippen LogP contribution in [0, 0.1) is 20.8 Å². The van der Waals surface area contributed by atoms with Crippen molar-refractivity contribution < 1.29 is 34.2 Å². The Balaban J connectivity index is 0.00000220. The third-order valence-corrected chi connectivity index (χ3v) is 3.60. The third-order valence-electron chi connectivity index (χ3n) is 3.36. The van der Waals surface area contributed by atoms with Gasteiger partial charge in [-0.15, -0.1) is 0 Å². The van der Waals surface area contributed by atoms with Gasteiger partial charge in [0, 0.05) is 0 Å². The number of carbonyl (C=O) groups excluding carboxylic acids is 1. The van der Waals surface area contributed by atoms with Crippen LogP contribution < -0.4 is 18.9 Å². The quantitative estimate of drug-likeness (QED) is 0.640. The molecule has 0 bridgehead atoms. The first-order valence-corrected chi connectivity index (χ1v) is 6.99. The predicted molar refractivity (Wildman–Crippen MR) is 80.2 cm³/mol. The van der Waals surface area contributed by atoms with E-state index >= 15 is 0 Å². The Morgan fingerprint density at radius 1 is 1.10 bits per heavy atom. The van der Waals surface area contributed by atoms with E-state index in [4.69, 9.17) is 0 Å². The van der Waals surface area contributed by atoms with E-state index < -0.39 is 14.7 Å². The van der Waals surface area contributed by atoms with E-state index in [2.05, 4.69) is 4.52 Å². The zero-order chi connectivity index (χ0) is 14.7. The maximum Gasteiger partial charge on any atom is 1.00 e. The molecule has 0 spiro atoms. The average Bonchev–Trinajstić information content (AvgIpc) is 2.39. The van der Waals surface area contributed by atoms with Gasteiger partial charge >= 0.3 is 33.5 Å². The van der Waals surface area contributed by atoms with E-state index in [0.717, 1.165) is 27.8 Å². The summed E-state index contributed by atoms with van der Waals surface area (Å²) in [6, 6.07) is 11.8. The summed E-state index contributed by atoms with van der Waals surface area (Å²) in [5.74, 6) is -0.561. The molecule has 0 fully saturated rings. The minimum absolute atomic E-state index is 0. The van der Waals surface area contributed by atoms with Crippen LogP contribution in [0.1, 0.15) is 28.5 Å². The summed E-state index contributed by atoms with van der Waals surface area (Å²) in [6.07, 6.45) is 0. The first-order valence-electron chi connectivity index (χ1n) is 6.26. The second kappa shape index (κ2) is 7.57. The normalized spacial score (nSPS) is 10.0. The van der Waals surface area contributed by atoms with Crippen LogP contribution in [0.2, 0.25) is 0 Å². The van der Waals surface area contributed by atoms with Gasteiger partial charge in [-0.3, -0.25) is 0 Å². The smallest absolute Gasteiger partial charge is 1.00 e. The van der Waals surface area contributed by atoms with Crippen molar-refractivity contribution in [2.75, 3.05) is 0 Å². The molecule has 0 aliphatic carbocycles. The second-order valence-electron chi connectivity index (χ2n) is 4.70. The standard InChI is InChI=1S/C16H15O3P.Li.H/c1-10-9-11(2)15(16(17)19-20-18)12(3)14(10)13-7-5-4-6-8-13;;/h4-9H,1-3H3;;/q;+1;-1. The SMILES string of the molecule is Cc1cc(C)c(-c2ccccc2)c(C)c1C(=O)OP=O.[H-].[Li+]. The molecule has 104 valence electrons. The molecule has 21 heavy (non-hydrogen) atoms. The maximum atomic E-state index is 12.0. The molecular weight excluding hydrogens is 278 g/mol. The maximum absolute atomic E-state index is 12.0. The van der Waals surface area contributed by atoms with E-state index in [1.165, 1.54) is 0 Å². The van der Waals surface area contributed by atoms with Gasteiger partial charge in [0.05, 0.1) is 5.56 Å².